The minimum atomic E-state index is -0.496. The van der Waals surface area contributed by atoms with E-state index in [1.807, 2.05) is 0 Å². The molecule has 1 fully saturated rings. The number of ether oxygens (including phenoxy) is 1. The predicted octanol–water partition coefficient (Wildman–Crippen LogP) is 1.91. The first-order valence-corrected chi connectivity index (χ1v) is 6.18. The van der Waals surface area contributed by atoms with E-state index in [-0.39, 0.29) is 11.5 Å². The molecule has 5 nitrogen and oxygen atoms in total. The van der Waals surface area contributed by atoms with Crippen molar-refractivity contribution in [1.29, 1.82) is 0 Å². The summed E-state index contributed by atoms with van der Waals surface area (Å²) in [5, 5.41) is 11.0. The van der Waals surface area contributed by atoms with Crippen LogP contribution in [-0.4, -0.2) is 34.9 Å². The average molecular weight is 253 g/mol. The summed E-state index contributed by atoms with van der Waals surface area (Å²) in [6.45, 7) is 1.37. The summed E-state index contributed by atoms with van der Waals surface area (Å²) in [6.07, 6.45) is 0. The Hall–Kier alpha value is -1.40. The molecule has 1 aliphatic heterocycles. The van der Waals surface area contributed by atoms with Gasteiger partial charge in [0.15, 0.2) is 5.78 Å². The lowest BCUT2D eigenvalue weighted by atomic mass is 10.1. The smallest absolute Gasteiger partial charge is 0.270 e. The molecule has 1 aromatic carbocycles. The van der Waals surface area contributed by atoms with Crippen molar-refractivity contribution in [2.75, 3.05) is 19.0 Å². The van der Waals surface area contributed by atoms with Gasteiger partial charge in [-0.3, -0.25) is 14.9 Å². The Kier molecular flexibility index (Phi) is 3.75. The normalized spacial score (nSPS) is 15.3. The van der Waals surface area contributed by atoms with Crippen LogP contribution in [0.1, 0.15) is 10.4 Å². The van der Waals surface area contributed by atoms with E-state index >= 15 is 0 Å². The Labute approximate surface area is 102 Å². The minimum absolute atomic E-state index is 0.0483. The zero-order chi connectivity index (χ0) is 12.3. The van der Waals surface area contributed by atoms with Gasteiger partial charge >= 0.3 is 0 Å². The first kappa shape index (κ1) is 12.1. The van der Waals surface area contributed by atoms with Crippen LogP contribution in [0.4, 0.5) is 5.69 Å². The SMILES string of the molecule is O=C(CSC1COC1)c1cccc([N+](=O)[O-])c1. The summed E-state index contributed by atoms with van der Waals surface area (Å²) in [5.41, 5.74) is 0.347. The fourth-order valence-corrected chi connectivity index (χ4v) is 2.32. The van der Waals surface area contributed by atoms with Crippen molar-refractivity contribution >= 4 is 23.2 Å². The van der Waals surface area contributed by atoms with Gasteiger partial charge < -0.3 is 4.74 Å². The number of carbonyl (C=O) groups is 1. The van der Waals surface area contributed by atoms with Gasteiger partial charge in [0, 0.05) is 17.7 Å². The van der Waals surface area contributed by atoms with Gasteiger partial charge in [-0.2, -0.15) is 0 Å². The van der Waals surface area contributed by atoms with E-state index in [1.165, 1.54) is 30.0 Å². The van der Waals surface area contributed by atoms with E-state index < -0.39 is 4.92 Å². The van der Waals surface area contributed by atoms with Gasteiger partial charge in [-0.25, -0.2) is 0 Å². The number of carbonyl (C=O) groups excluding carboxylic acids is 1. The number of Topliss-reactive ketones (excluding diaryl/α,β-unsaturated/α-hetero) is 1. The van der Waals surface area contributed by atoms with Gasteiger partial charge in [0.2, 0.25) is 0 Å². The summed E-state index contributed by atoms with van der Waals surface area (Å²) >= 11 is 1.54. The lowest BCUT2D eigenvalue weighted by Gasteiger charge is -2.24. The number of ketones is 1. The van der Waals surface area contributed by atoms with Gasteiger partial charge in [-0.15, -0.1) is 11.8 Å². The Morgan fingerprint density at radius 3 is 2.88 bits per heavy atom. The predicted molar refractivity (Wildman–Crippen MR) is 64.5 cm³/mol. The van der Waals surface area contributed by atoms with Gasteiger partial charge in [-0.05, 0) is 0 Å². The fraction of sp³-hybridized carbons (Fsp3) is 0.364. The van der Waals surface area contributed by atoms with Crippen molar-refractivity contribution in [2.45, 2.75) is 5.25 Å². The second-order valence-electron chi connectivity index (χ2n) is 3.70. The summed E-state index contributed by atoms with van der Waals surface area (Å²) in [4.78, 5) is 21.9. The first-order chi connectivity index (χ1) is 8.16. The highest BCUT2D eigenvalue weighted by Crippen LogP contribution is 2.21. The van der Waals surface area contributed by atoms with Gasteiger partial charge in [0.25, 0.3) is 5.69 Å². The molecule has 90 valence electrons. The highest BCUT2D eigenvalue weighted by molar-refractivity contribution is 8.00. The van der Waals surface area contributed by atoms with E-state index in [0.717, 1.165) is 0 Å². The summed E-state index contributed by atoms with van der Waals surface area (Å²) in [7, 11) is 0. The van der Waals surface area contributed by atoms with Crippen LogP contribution in [0.3, 0.4) is 0 Å². The summed E-state index contributed by atoms with van der Waals surface area (Å²) in [5.74, 6) is 0.264. The number of hydrogen-bond acceptors (Lipinski definition) is 5. The van der Waals surface area contributed by atoms with Crippen LogP contribution in [0.2, 0.25) is 0 Å². The largest absolute Gasteiger partial charge is 0.379 e. The number of benzene rings is 1. The third-order valence-corrected chi connectivity index (χ3v) is 3.61. The van der Waals surface area contributed by atoms with E-state index in [9.17, 15) is 14.9 Å². The van der Waals surface area contributed by atoms with Crippen molar-refractivity contribution < 1.29 is 14.5 Å². The molecule has 1 heterocycles. The molecule has 0 unspecified atom stereocenters. The number of nitro groups is 1. The first-order valence-electron chi connectivity index (χ1n) is 5.14. The number of hydrogen-bond donors (Lipinski definition) is 0. The maximum atomic E-state index is 11.8. The number of nitrogens with zero attached hydrogens (tertiary/aromatic N) is 1. The van der Waals surface area contributed by atoms with Crippen LogP contribution in [-0.2, 0) is 4.74 Å². The Bertz CT molecular complexity index is 445. The van der Waals surface area contributed by atoms with Crippen LogP contribution < -0.4 is 0 Å². The average Bonchev–Trinajstić information content (AvgIpc) is 2.27. The molecule has 1 aliphatic rings. The molecule has 0 bridgehead atoms. The molecular weight excluding hydrogens is 242 g/mol. The molecule has 0 atom stereocenters. The summed E-state index contributed by atoms with van der Waals surface area (Å²) in [6, 6.07) is 5.83. The molecule has 1 saturated heterocycles. The Morgan fingerprint density at radius 2 is 2.29 bits per heavy atom. The number of thioether (sulfide) groups is 1. The topological polar surface area (TPSA) is 69.4 Å². The maximum absolute atomic E-state index is 11.8. The third-order valence-electron chi connectivity index (χ3n) is 2.44. The lowest BCUT2D eigenvalue weighted by Crippen LogP contribution is -2.31. The van der Waals surface area contributed by atoms with Crippen molar-refractivity contribution in [2.24, 2.45) is 0 Å². The van der Waals surface area contributed by atoms with Crippen LogP contribution in [0, 0.1) is 10.1 Å². The number of nitro benzene ring substituents is 1. The standard InChI is InChI=1S/C11H11NO4S/c13-11(7-17-10-5-16-6-10)8-2-1-3-9(4-8)12(14)15/h1-4,10H,5-7H2. The molecule has 17 heavy (non-hydrogen) atoms. The van der Waals surface area contributed by atoms with E-state index in [0.29, 0.717) is 29.8 Å². The van der Waals surface area contributed by atoms with Crippen LogP contribution in [0.25, 0.3) is 0 Å². The fourth-order valence-electron chi connectivity index (χ4n) is 1.38. The Morgan fingerprint density at radius 1 is 1.53 bits per heavy atom. The molecule has 0 amide bonds. The van der Waals surface area contributed by atoms with E-state index in [2.05, 4.69) is 0 Å². The van der Waals surface area contributed by atoms with Gasteiger partial charge in [-0.1, -0.05) is 12.1 Å². The highest BCUT2D eigenvalue weighted by atomic mass is 32.2. The molecule has 0 radical (unpaired) electrons. The zero-order valence-electron chi connectivity index (χ0n) is 9.00. The summed E-state index contributed by atoms with van der Waals surface area (Å²) < 4.78 is 5.00. The molecule has 0 aliphatic carbocycles. The minimum Gasteiger partial charge on any atom is -0.379 e. The number of non-ortho nitro benzene ring substituents is 1. The number of rotatable bonds is 5. The third kappa shape index (κ3) is 3.04. The molecular formula is C11H11NO4S. The molecule has 1 aromatic rings. The molecule has 0 spiro atoms. The van der Waals surface area contributed by atoms with Crippen molar-refractivity contribution in [3.05, 3.63) is 39.9 Å². The van der Waals surface area contributed by atoms with Crippen LogP contribution in [0.5, 0.6) is 0 Å². The highest BCUT2D eigenvalue weighted by Gasteiger charge is 2.20. The monoisotopic (exact) mass is 253 g/mol. The van der Waals surface area contributed by atoms with Crippen LogP contribution >= 0.6 is 11.8 Å². The maximum Gasteiger partial charge on any atom is 0.270 e. The Balaban J connectivity index is 1.97. The zero-order valence-corrected chi connectivity index (χ0v) is 9.81. The second kappa shape index (κ2) is 5.29. The molecule has 0 saturated carbocycles. The molecule has 0 N–H and O–H groups in total. The van der Waals surface area contributed by atoms with Crippen molar-refractivity contribution in [3.8, 4) is 0 Å². The second-order valence-corrected chi connectivity index (χ2v) is 4.99. The molecule has 2 rings (SSSR count). The molecule has 6 heteroatoms. The van der Waals surface area contributed by atoms with E-state index in [1.54, 1.807) is 6.07 Å². The molecule has 0 aromatic heterocycles. The van der Waals surface area contributed by atoms with Crippen LogP contribution in [0.15, 0.2) is 24.3 Å². The van der Waals surface area contributed by atoms with Crippen molar-refractivity contribution in [3.63, 3.8) is 0 Å². The van der Waals surface area contributed by atoms with E-state index in [4.69, 9.17) is 4.74 Å². The van der Waals surface area contributed by atoms with Gasteiger partial charge in [0.05, 0.1) is 29.1 Å². The lowest BCUT2D eigenvalue weighted by molar-refractivity contribution is -0.384. The van der Waals surface area contributed by atoms with Crippen molar-refractivity contribution in [1.82, 2.24) is 0 Å². The quantitative estimate of drug-likeness (QED) is 0.455. The van der Waals surface area contributed by atoms with Gasteiger partial charge in [0.1, 0.15) is 0 Å².